The molecule has 2 aliphatic heterocycles. The maximum Gasteiger partial charge on any atom is 0.339 e. The van der Waals surface area contributed by atoms with Gasteiger partial charge >= 0.3 is 11.9 Å². The lowest BCUT2D eigenvalue weighted by molar-refractivity contribution is 0.0635. The van der Waals surface area contributed by atoms with Crippen molar-refractivity contribution in [3.8, 4) is 11.5 Å². The summed E-state index contributed by atoms with van der Waals surface area (Å²) in [5.41, 5.74) is 2.29. The van der Waals surface area contributed by atoms with Gasteiger partial charge in [0.15, 0.2) is 0 Å². The Kier molecular flexibility index (Phi) is 18.5. The fraction of sp³-hybridized carbons (Fsp3) is 0.292. The average Bonchev–Trinajstić information content (AvgIpc) is 3.46. The average molecular weight is 1010 g/mol. The Labute approximate surface area is 440 Å². The van der Waals surface area contributed by atoms with Crippen molar-refractivity contribution < 1.29 is 40.2 Å². The van der Waals surface area contributed by atoms with Crippen LogP contribution in [0, 0.1) is 0 Å². The van der Waals surface area contributed by atoms with E-state index in [9.17, 15) is 40.2 Å². The molecule has 75 heavy (non-hydrogen) atoms. The summed E-state index contributed by atoms with van der Waals surface area (Å²) < 4.78 is 0. The highest BCUT2D eigenvalue weighted by Crippen LogP contribution is 2.40. The van der Waals surface area contributed by atoms with Gasteiger partial charge in [-0.25, -0.2) is 9.59 Å². The van der Waals surface area contributed by atoms with E-state index in [1.54, 1.807) is 48.5 Å². The monoisotopic (exact) mass is 1010 g/mol. The number of benzene rings is 8. The number of carbonyl (C=O) groups is 2. The highest BCUT2D eigenvalue weighted by Gasteiger charge is 2.32. The molecule has 0 amide bonds. The van der Waals surface area contributed by atoms with Crippen LogP contribution < -0.4 is 0 Å². The minimum atomic E-state index is -1.28. The second-order valence-corrected chi connectivity index (χ2v) is 19.9. The smallest absolute Gasteiger partial charge is 0.339 e. The third-order valence-electron chi connectivity index (χ3n) is 15.0. The second-order valence-electron chi connectivity index (χ2n) is 19.9. The lowest BCUT2D eigenvalue weighted by Gasteiger charge is -2.32. The van der Waals surface area contributed by atoms with Crippen LogP contribution in [0.25, 0.3) is 21.5 Å². The largest absolute Gasteiger partial charge is 0.507 e. The van der Waals surface area contributed by atoms with E-state index in [1.807, 2.05) is 121 Å². The van der Waals surface area contributed by atoms with Gasteiger partial charge in [0.2, 0.25) is 0 Å². The minimum absolute atomic E-state index is 0.0407. The molecule has 2 saturated heterocycles. The molecule has 0 aliphatic carbocycles. The maximum atomic E-state index is 11.6. The molecule has 2 fully saturated rings. The van der Waals surface area contributed by atoms with Crippen molar-refractivity contribution in [2.24, 2.45) is 0 Å². The van der Waals surface area contributed by atoms with E-state index in [0.717, 1.165) is 61.0 Å². The maximum absolute atomic E-state index is 11.6. The van der Waals surface area contributed by atoms with E-state index in [1.165, 1.54) is 76.8 Å². The molecule has 0 spiro atoms. The van der Waals surface area contributed by atoms with Gasteiger partial charge in [-0.2, -0.15) is 0 Å². The standard InChI is InChI=1S/C23H16O6.2C21H27NO/c24-20-16(14-7-3-1-5-12(14)9-18(20)22(26)27)11-17-15-8-4-2-6-13(15)10-19(21(17)25)23(28)29;2*23-21(19-11-4-1-5-12-19,20-13-6-2-7-14-20)15-10-18-22-16-8-3-9-17-22/h1-10,24-25H,11H2,(H,26,27)(H,28,29);2*1-2,4-7,11-14,23H,3,8-10,15-18H2. The molecule has 8 aromatic carbocycles. The normalized spacial score (nSPS) is 14.3. The second kappa shape index (κ2) is 25.7. The van der Waals surface area contributed by atoms with Crippen molar-refractivity contribution >= 4 is 33.5 Å². The number of hydrogen-bond acceptors (Lipinski definition) is 8. The first-order valence-corrected chi connectivity index (χ1v) is 26.5. The summed E-state index contributed by atoms with van der Waals surface area (Å²) in [5, 5.41) is 65.7. The number of fused-ring (bicyclic) bond motifs is 2. The summed E-state index contributed by atoms with van der Waals surface area (Å²) in [4.78, 5) is 28.3. The zero-order chi connectivity index (χ0) is 52.6. The molecule has 0 atom stereocenters. The SMILES string of the molecule is O=C(O)c1cc2ccccc2c(Cc2c(O)c(C(=O)O)cc3ccccc23)c1O.OC(CCCN1CCCCC1)(c1ccccc1)c1ccccc1.OC(CCCN1CCCCC1)(c1ccccc1)c1ccccc1. The first kappa shape index (κ1) is 53.9. The Morgan fingerprint density at radius 3 is 1.01 bits per heavy atom. The predicted molar refractivity (Wildman–Crippen MR) is 299 cm³/mol. The van der Waals surface area contributed by atoms with Gasteiger partial charge in [-0.15, -0.1) is 0 Å². The molecule has 0 saturated carbocycles. The number of carboxylic acids is 2. The Bertz CT molecular complexity index is 2810. The number of rotatable bonds is 16. The molecular weight excluding hydrogens is 937 g/mol. The van der Waals surface area contributed by atoms with Crippen molar-refractivity contribution in [2.45, 2.75) is 81.8 Å². The van der Waals surface area contributed by atoms with Gasteiger partial charge in [0.05, 0.1) is 0 Å². The Morgan fingerprint density at radius 1 is 0.413 bits per heavy atom. The topological polar surface area (TPSA) is 162 Å². The van der Waals surface area contributed by atoms with E-state index in [4.69, 9.17) is 0 Å². The number of nitrogens with zero attached hydrogens (tertiary/aromatic N) is 2. The summed E-state index contributed by atoms with van der Waals surface area (Å²) in [5.74, 6) is -3.36. The zero-order valence-electron chi connectivity index (χ0n) is 42.7. The molecule has 2 aliphatic rings. The molecule has 0 radical (unpaired) electrons. The fourth-order valence-electron chi connectivity index (χ4n) is 10.9. The van der Waals surface area contributed by atoms with Crippen LogP contribution in [-0.2, 0) is 17.6 Å². The first-order valence-electron chi connectivity index (χ1n) is 26.5. The quantitative estimate of drug-likeness (QED) is 0.0549. The Balaban J connectivity index is 0.000000151. The number of aromatic hydroxyl groups is 2. The van der Waals surface area contributed by atoms with Gasteiger partial charge in [-0.05, 0) is 147 Å². The highest BCUT2D eigenvalue weighted by molar-refractivity contribution is 6.02. The number of aliphatic hydroxyl groups is 2. The van der Waals surface area contributed by atoms with Gasteiger partial charge in [-0.3, -0.25) is 0 Å². The van der Waals surface area contributed by atoms with Crippen molar-refractivity contribution in [1.82, 2.24) is 9.80 Å². The van der Waals surface area contributed by atoms with Gasteiger partial charge < -0.3 is 40.4 Å². The van der Waals surface area contributed by atoms with Gasteiger partial charge in [0.1, 0.15) is 33.8 Å². The van der Waals surface area contributed by atoms with E-state index in [2.05, 4.69) is 9.80 Å². The van der Waals surface area contributed by atoms with Crippen LogP contribution in [0.3, 0.4) is 0 Å². The predicted octanol–water partition coefficient (Wildman–Crippen LogP) is 12.8. The molecule has 8 aromatic rings. The zero-order valence-corrected chi connectivity index (χ0v) is 42.7. The number of piperidine rings is 2. The van der Waals surface area contributed by atoms with Crippen LogP contribution in [0.5, 0.6) is 11.5 Å². The number of hydrogen-bond donors (Lipinski definition) is 6. The summed E-state index contributed by atoms with van der Waals surface area (Å²) in [6, 6.07) is 57.1. The Morgan fingerprint density at radius 2 is 0.707 bits per heavy atom. The first-order chi connectivity index (χ1) is 36.5. The summed E-state index contributed by atoms with van der Waals surface area (Å²) in [7, 11) is 0. The van der Waals surface area contributed by atoms with Crippen LogP contribution in [-0.4, -0.2) is 91.6 Å². The van der Waals surface area contributed by atoms with E-state index in [-0.39, 0.29) is 17.5 Å². The molecule has 0 bridgehead atoms. The molecule has 2 heterocycles. The summed E-state index contributed by atoms with van der Waals surface area (Å²) in [6.07, 6.45) is 11.5. The van der Waals surface area contributed by atoms with Crippen molar-refractivity contribution in [3.63, 3.8) is 0 Å². The molecule has 10 heteroatoms. The molecule has 10 nitrogen and oxygen atoms in total. The van der Waals surface area contributed by atoms with E-state index in [0.29, 0.717) is 32.7 Å². The third-order valence-corrected chi connectivity index (χ3v) is 15.0. The molecule has 10 rings (SSSR count). The van der Waals surface area contributed by atoms with Crippen LogP contribution in [0.4, 0.5) is 0 Å². The van der Waals surface area contributed by atoms with Crippen LogP contribution >= 0.6 is 0 Å². The number of carboxylic acid groups (broad SMARTS) is 2. The molecule has 388 valence electrons. The molecule has 0 unspecified atom stereocenters. The van der Waals surface area contributed by atoms with Gasteiger partial charge in [0.25, 0.3) is 0 Å². The van der Waals surface area contributed by atoms with Crippen LogP contribution in [0.15, 0.2) is 182 Å². The van der Waals surface area contributed by atoms with Crippen molar-refractivity contribution in [1.29, 1.82) is 0 Å². The number of aromatic carboxylic acids is 2. The molecular formula is C65H70N2O8. The van der Waals surface area contributed by atoms with Crippen molar-refractivity contribution in [3.05, 3.63) is 226 Å². The van der Waals surface area contributed by atoms with Crippen LogP contribution in [0.2, 0.25) is 0 Å². The molecule has 6 N–H and O–H groups in total. The lowest BCUT2D eigenvalue weighted by atomic mass is 9.82. The molecule has 0 aromatic heterocycles. The lowest BCUT2D eigenvalue weighted by Crippen LogP contribution is -2.33. The highest BCUT2D eigenvalue weighted by atomic mass is 16.4. The Hall–Kier alpha value is -7.34. The third kappa shape index (κ3) is 13.3. The van der Waals surface area contributed by atoms with Gasteiger partial charge in [-0.1, -0.05) is 183 Å². The summed E-state index contributed by atoms with van der Waals surface area (Å²) >= 11 is 0. The van der Waals surface area contributed by atoms with Crippen molar-refractivity contribution in [2.75, 3.05) is 39.3 Å². The van der Waals surface area contributed by atoms with Crippen LogP contribution in [0.1, 0.15) is 118 Å². The number of phenols is 2. The van der Waals surface area contributed by atoms with Gasteiger partial charge in [0, 0.05) is 17.5 Å². The van der Waals surface area contributed by atoms with E-state index < -0.39 is 34.6 Å². The fourth-order valence-corrected chi connectivity index (χ4v) is 10.9. The minimum Gasteiger partial charge on any atom is -0.507 e. The number of likely N-dealkylation sites (tertiary alicyclic amines) is 2. The van der Waals surface area contributed by atoms with E-state index >= 15 is 0 Å². The summed E-state index contributed by atoms with van der Waals surface area (Å²) in [6.45, 7) is 7.04.